The molecule has 100 valence electrons. The van der Waals surface area contributed by atoms with Crippen molar-refractivity contribution in [2.45, 2.75) is 27.5 Å². The number of esters is 1. The van der Waals surface area contributed by atoms with Gasteiger partial charge in [-0.1, -0.05) is 0 Å². The minimum Gasteiger partial charge on any atom is -0.443 e. The highest BCUT2D eigenvalue weighted by Crippen LogP contribution is 2.15. The Morgan fingerprint density at radius 3 is 2.84 bits per heavy atom. The van der Waals surface area contributed by atoms with E-state index in [4.69, 9.17) is 4.74 Å². The molecule has 0 aliphatic carbocycles. The predicted molar refractivity (Wildman–Crippen MR) is 69.3 cm³/mol. The third-order valence-electron chi connectivity index (χ3n) is 2.57. The van der Waals surface area contributed by atoms with Gasteiger partial charge in [-0.25, -0.2) is 4.98 Å². The number of nitrogens with zero attached hydrogens (tertiary/aromatic N) is 3. The lowest BCUT2D eigenvalue weighted by atomic mass is 9.98. The zero-order chi connectivity index (χ0) is 14.0. The summed E-state index contributed by atoms with van der Waals surface area (Å²) >= 11 is 0. The molecule has 0 unspecified atom stereocenters. The van der Waals surface area contributed by atoms with Crippen LogP contribution in [-0.4, -0.2) is 20.5 Å². The molecule has 0 spiro atoms. The quantitative estimate of drug-likeness (QED) is 0.763. The molecule has 0 saturated carbocycles. The van der Waals surface area contributed by atoms with Crippen LogP contribution in [0.25, 0.3) is 10.9 Å². The minimum absolute atomic E-state index is 0.146. The lowest BCUT2D eigenvalue weighted by Crippen LogP contribution is -2.28. The normalized spacial score (nSPS) is 11.5. The molecule has 2 rings (SSSR count). The van der Waals surface area contributed by atoms with E-state index in [1.54, 1.807) is 33.0 Å². The summed E-state index contributed by atoms with van der Waals surface area (Å²) in [4.78, 5) is 31.7. The Hall–Kier alpha value is -2.24. The summed E-state index contributed by atoms with van der Waals surface area (Å²) in [6, 6.07) is 1.65. The fraction of sp³-hybridized carbons (Fsp3) is 0.385. The van der Waals surface area contributed by atoms with Crippen LogP contribution < -0.4 is 5.56 Å². The molecule has 2 aromatic heterocycles. The molecule has 6 heteroatoms. The van der Waals surface area contributed by atoms with Gasteiger partial charge in [0.1, 0.15) is 6.33 Å². The maximum atomic E-state index is 12.1. The van der Waals surface area contributed by atoms with Crippen molar-refractivity contribution >= 4 is 16.9 Å². The van der Waals surface area contributed by atoms with Gasteiger partial charge >= 0.3 is 5.97 Å². The van der Waals surface area contributed by atoms with Gasteiger partial charge in [0.25, 0.3) is 5.56 Å². The molecule has 0 bridgehead atoms. The number of aromatic nitrogens is 3. The Bertz CT molecular complexity index is 671. The second-order valence-corrected chi connectivity index (χ2v) is 5.22. The van der Waals surface area contributed by atoms with Crippen molar-refractivity contribution in [3.8, 4) is 0 Å². The summed E-state index contributed by atoms with van der Waals surface area (Å²) in [5.41, 5.74) is -0.312. The standard InChI is InChI=1S/C13H15N3O3/c1-13(2,3)12(18)19-8-16-7-15-10-4-5-14-6-9(10)11(16)17/h4-7H,8H2,1-3H3. The molecule has 0 saturated heterocycles. The van der Waals surface area contributed by atoms with Crippen molar-refractivity contribution in [2.24, 2.45) is 5.41 Å². The van der Waals surface area contributed by atoms with Gasteiger partial charge in [-0.15, -0.1) is 0 Å². The van der Waals surface area contributed by atoms with Crippen LogP contribution in [0.1, 0.15) is 20.8 Å². The molecular weight excluding hydrogens is 246 g/mol. The van der Waals surface area contributed by atoms with Crippen LogP contribution in [0.4, 0.5) is 0 Å². The van der Waals surface area contributed by atoms with E-state index in [0.717, 1.165) is 0 Å². The van der Waals surface area contributed by atoms with Gasteiger partial charge in [-0.3, -0.25) is 19.1 Å². The summed E-state index contributed by atoms with van der Waals surface area (Å²) in [6.07, 6.45) is 4.38. The predicted octanol–water partition coefficient (Wildman–Crippen LogP) is 1.34. The summed E-state index contributed by atoms with van der Waals surface area (Å²) in [7, 11) is 0. The average molecular weight is 261 g/mol. The van der Waals surface area contributed by atoms with E-state index in [2.05, 4.69) is 9.97 Å². The number of ether oxygens (including phenoxy) is 1. The first-order valence-electron chi connectivity index (χ1n) is 5.86. The Labute approximate surface area is 110 Å². The first-order valence-corrected chi connectivity index (χ1v) is 5.86. The van der Waals surface area contributed by atoms with Crippen LogP contribution in [0.2, 0.25) is 0 Å². The maximum absolute atomic E-state index is 12.1. The molecule has 0 amide bonds. The highest BCUT2D eigenvalue weighted by atomic mass is 16.5. The fourth-order valence-electron chi connectivity index (χ4n) is 1.44. The third-order valence-corrected chi connectivity index (χ3v) is 2.57. The zero-order valence-corrected chi connectivity index (χ0v) is 11.1. The van der Waals surface area contributed by atoms with Gasteiger partial charge in [0.15, 0.2) is 6.73 Å². The highest BCUT2D eigenvalue weighted by molar-refractivity contribution is 5.76. The van der Waals surface area contributed by atoms with Gasteiger partial charge in [-0.05, 0) is 26.8 Å². The minimum atomic E-state index is -0.602. The Morgan fingerprint density at radius 1 is 1.42 bits per heavy atom. The number of rotatable bonds is 2. The number of pyridine rings is 1. The van der Waals surface area contributed by atoms with E-state index >= 15 is 0 Å². The van der Waals surface area contributed by atoms with E-state index in [0.29, 0.717) is 10.9 Å². The number of carbonyl (C=O) groups is 1. The molecule has 0 radical (unpaired) electrons. The smallest absolute Gasteiger partial charge is 0.312 e. The number of hydrogen-bond acceptors (Lipinski definition) is 5. The number of hydrogen-bond donors (Lipinski definition) is 0. The lowest BCUT2D eigenvalue weighted by molar-refractivity contribution is -0.157. The van der Waals surface area contributed by atoms with Gasteiger partial charge in [0, 0.05) is 12.4 Å². The highest BCUT2D eigenvalue weighted by Gasteiger charge is 2.23. The molecule has 2 heterocycles. The van der Waals surface area contributed by atoms with E-state index in [1.807, 2.05) is 0 Å². The molecule has 2 aromatic rings. The molecule has 0 aliphatic rings. The third kappa shape index (κ3) is 2.78. The molecule has 0 aliphatic heterocycles. The number of fused-ring (bicyclic) bond motifs is 1. The van der Waals surface area contributed by atoms with E-state index in [-0.39, 0.29) is 18.3 Å². The van der Waals surface area contributed by atoms with Crippen molar-refractivity contribution in [2.75, 3.05) is 0 Å². The average Bonchev–Trinajstić information content (AvgIpc) is 2.37. The van der Waals surface area contributed by atoms with Crippen LogP contribution in [0.5, 0.6) is 0 Å². The first kappa shape index (κ1) is 13.2. The van der Waals surface area contributed by atoms with E-state index < -0.39 is 5.41 Å². The van der Waals surface area contributed by atoms with Crippen LogP contribution in [0.15, 0.2) is 29.6 Å². The van der Waals surface area contributed by atoms with Crippen LogP contribution in [-0.2, 0) is 16.3 Å². The van der Waals surface area contributed by atoms with Gasteiger partial charge in [-0.2, -0.15) is 0 Å². The Kier molecular flexibility index (Phi) is 3.33. The zero-order valence-electron chi connectivity index (χ0n) is 11.1. The van der Waals surface area contributed by atoms with Crippen molar-refractivity contribution in [3.63, 3.8) is 0 Å². The van der Waals surface area contributed by atoms with E-state index in [1.165, 1.54) is 17.1 Å². The second kappa shape index (κ2) is 4.79. The molecular formula is C13H15N3O3. The van der Waals surface area contributed by atoms with Crippen LogP contribution in [0, 0.1) is 5.41 Å². The summed E-state index contributed by atoms with van der Waals surface area (Å²) in [5, 5.41) is 0.400. The lowest BCUT2D eigenvalue weighted by Gasteiger charge is -2.17. The van der Waals surface area contributed by atoms with Gasteiger partial charge < -0.3 is 4.74 Å². The van der Waals surface area contributed by atoms with Gasteiger partial charge in [0.05, 0.1) is 16.3 Å². The van der Waals surface area contributed by atoms with Gasteiger partial charge in [0.2, 0.25) is 0 Å². The molecule has 0 aromatic carbocycles. The summed E-state index contributed by atoms with van der Waals surface area (Å²) in [5.74, 6) is -0.370. The SMILES string of the molecule is CC(C)(C)C(=O)OCn1cnc2ccncc2c1=O. The van der Waals surface area contributed by atoms with E-state index in [9.17, 15) is 9.59 Å². The fourth-order valence-corrected chi connectivity index (χ4v) is 1.44. The Balaban J connectivity index is 2.25. The summed E-state index contributed by atoms with van der Waals surface area (Å²) < 4.78 is 6.33. The molecule has 0 fully saturated rings. The second-order valence-electron chi connectivity index (χ2n) is 5.22. The van der Waals surface area contributed by atoms with Crippen LogP contribution in [0.3, 0.4) is 0 Å². The van der Waals surface area contributed by atoms with Crippen molar-refractivity contribution in [1.82, 2.24) is 14.5 Å². The van der Waals surface area contributed by atoms with Crippen molar-refractivity contribution < 1.29 is 9.53 Å². The number of carbonyl (C=O) groups excluding carboxylic acids is 1. The monoisotopic (exact) mass is 261 g/mol. The largest absolute Gasteiger partial charge is 0.443 e. The Morgan fingerprint density at radius 2 is 2.16 bits per heavy atom. The molecule has 0 N–H and O–H groups in total. The van der Waals surface area contributed by atoms with Crippen molar-refractivity contribution in [3.05, 3.63) is 35.1 Å². The molecule has 6 nitrogen and oxygen atoms in total. The maximum Gasteiger partial charge on any atom is 0.312 e. The summed E-state index contributed by atoms with van der Waals surface area (Å²) in [6.45, 7) is 5.11. The topological polar surface area (TPSA) is 74.1 Å². The first-order chi connectivity index (χ1) is 8.89. The van der Waals surface area contributed by atoms with Crippen molar-refractivity contribution in [1.29, 1.82) is 0 Å². The van der Waals surface area contributed by atoms with Crippen LogP contribution >= 0.6 is 0 Å². The molecule has 0 atom stereocenters. The molecule has 19 heavy (non-hydrogen) atoms.